The SMILES string of the molecule is CCC1(C)NC(=O)C(C(C)C)N(C2CCC2)C1=O. The highest BCUT2D eigenvalue weighted by molar-refractivity contribution is 5.99. The zero-order valence-electron chi connectivity index (χ0n) is 11.8. The van der Waals surface area contributed by atoms with Crippen molar-refractivity contribution >= 4 is 11.8 Å². The minimum Gasteiger partial charge on any atom is -0.340 e. The normalized spacial score (nSPS) is 33.6. The number of piperazine rings is 1. The number of rotatable bonds is 3. The van der Waals surface area contributed by atoms with Crippen molar-refractivity contribution < 1.29 is 9.59 Å². The summed E-state index contributed by atoms with van der Waals surface area (Å²) in [5.41, 5.74) is -0.710. The van der Waals surface area contributed by atoms with E-state index >= 15 is 0 Å². The molecular formula is C14H24N2O2. The Morgan fingerprint density at radius 1 is 1.39 bits per heavy atom. The van der Waals surface area contributed by atoms with Crippen molar-refractivity contribution in [2.75, 3.05) is 0 Å². The first kappa shape index (κ1) is 13.4. The van der Waals surface area contributed by atoms with Crippen LogP contribution >= 0.6 is 0 Å². The Morgan fingerprint density at radius 3 is 2.39 bits per heavy atom. The fourth-order valence-corrected chi connectivity index (χ4v) is 2.86. The van der Waals surface area contributed by atoms with Crippen LogP contribution < -0.4 is 5.32 Å². The number of nitrogens with zero attached hydrogens (tertiary/aromatic N) is 1. The van der Waals surface area contributed by atoms with Crippen molar-refractivity contribution in [1.29, 1.82) is 0 Å². The third-order valence-corrected chi connectivity index (χ3v) is 4.48. The van der Waals surface area contributed by atoms with E-state index in [0.717, 1.165) is 12.8 Å². The van der Waals surface area contributed by atoms with Crippen molar-refractivity contribution in [2.24, 2.45) is 5.92 Å². The lowest BCUT2D eigenvalue weighted by molar-refractivity contribution is -0.161. The smallest absolute Gasteiger partial charge is 0.248 e. The largest absolute Gasteiger partial charge is 0.340 e. The molecule has 1 aliphatic carbocycles. The van der Waals surface area contributed by atoms with Crippen LogP contribution in [0, 0.1) is 5.92 Å². The van der Waals surface area contributed by atoms with E-state index in [2.05, 4.69) is 5.32 Å². The van der Waals surface area contributed by atoms with Crippen LogP contribution in [0.3, 0.4) is 0 Å². The van der Waals surface area contributed by atoms with Crippen molar-refractivity contribution in [2.45, 2.75) is 71.0 Å². The molecule has 2 aliphatic rings. The maximum absolute atomic E-state index is 12.7. The van der Waals surface area contributed by atoms with Gasteiger partial charge in [0.05, 0.1) is 0 Å². The molecule has 0 radical (unpaired) electrons. The molecule has 2 atom stereocenters. The second-order valence-electron chi connectivity index (χ2n) is 6.16. The van der Waals surface area contributed by atoms with Gasteiger partial charge in [-0.2, -0.15) is 0 Å². The molecule has 0 aromatic rings. The highest BCUT2D eigenvalue weighted by Crippen LogP contribution is 2.34. The summed E-state index contributed by atoms with van der Waals surface area (Å²) in [6.45, 7) is 7.82. The predicted molar refractivity (Wildman–Crippen MR) is 69.9 cm³/mol. The summed E-state index contributed by atoms with van der Waals surface area (Å²) in [5.74, 6) is 0.282. The van der Waals surface area contributed by atoms with E-state index in [1.807, 2.05) is 32.6 Å². The fraction of sp³-hybridized carbons (Fsp3) is 0.857. The van der Waals surface area contributed by atoms with Gasteiger partial charge in [0.2, 0.25) is 11.8 Å². The summed E-state index contributed by atoms with van der Waals surface area (Å²) in [7, 11) is 0. The van der Waals surface area contributed by atoms with Gasteiger partial charge in [0.1, 0.15) is 11.6 Å². The van der Waals surface area contributed by atoms with Crippen molar-refractivity contribution in [1.82, 2.24) is 10.2 Å². The van der Waals surface area contributed by atoms with Crippen LogP contribution in [0.5, 0.6) is 0 Å². The highest BCUT2D eigenvalue weighted by atomic mass is 16.2. The van der Waals surface area contributed by atoms with E-state index in [4.69, 9.17) is 0 Å². The molecule has 102 valence electrons. The summed E-state index contributed by atoms with van der Waals surface area (Å²) in [4.78, 5) is 26.9. The lowest BCUT2D eigenvalue weighted by Crippen LogP contribution is -2.72. The lowest BCUT2D eigenvalue weighted by atomic mass is 9.82. The summed E-state index contributed by atoms with van der Waals surface area (Å²) < 4.78 is 0. The van der Waals surface area contributed by atoms with Gasteiger partial charge in [-0.05, 0) is 38.5 Å². The standard InChI is InChI=1S/C14H24N2O2/c1-5-14(4)13(18)16(10-7-6-8-10)11(9(2)3)12(17)15-14/h9-11H,5-8H2,1-4H3,(H,15,17). The van der Waals surface area contributed by atoms with Crippen LogP contribution in [0.25, 0.3) is 0 Å². The van der Waals surface area contributed by atoms with Crippen LogP contribution in [0.4, 0.5) is 0 Å². The summed E-state index contributed by atoms with van der Waals surface area (Å²) in [5, 5.41) is 2.93. The molecule has 2 rings (SSSR count). The first-order valence-corrected chi connectivity index (χ1v) is 7.05. The Labute approximate surface area is 109 Å². The minimum absolute atomic E-state index is 0.0147. The molecule has 2 unspecified atom stereocenters. The molecule has 0 aromatic carbocycles. The fourth-order valence-electron chi connectivity index (χ4n) is 2.86. The monoisotopic (exact) mass is 252 g/mol. The number of carbonyl (C=O) groups is 2. The molecule has 1 N–H and O–H groups in total. The Kier molecular flexibility index (Phi) is 3.39. The Morgan fingerprint density at radius 2 is 2.00 bits per heavy atom. The molecule has 1 saturated carbocycles. The first-order valence-electron chi connectivity index (χ1n) is 7.05. The van der Waals surface area contributed by atoms with Crippen molar-refractivity contribution in [3.8, 4) is 0 Å². The minimum atomic E-state index is -0.710. The second kappa shape index (κ2) is 4.56. The van der Waals surface area contributed by atoms with Crippen LogP contribution in [0.2, 0.25) is 0 Å². The number of hydrogen-bond donors (Lipinski definition) is 1. The molecule has 1 saturated heterocycles. The molecular weight excluding hydrogens is 228 g/mol. The number of carbonyl (C=O) groups excluding carboxylic acids is 2. The van der Waals surface area contributed by atoms with E-state index in [-0.39, 0.29) is 29.8 Å². The van der Waals surface area contributed by atoms with Gasteiger partial charge in [0, 0.05) is 6.04 Å². The van der Waals surface area contributed by atoms with Crippen LogP contribution in [0.15, 0.2) is 0 Å². The number of nitrogens with one attached hydrogen (secondary N) is 1. The molecule has 0 spiro atoms. The molecule has 4 nitrogen and oxygen atoms in total. The number of hydrogen-bond acceptors (Lipinski definition) is 2. The van der Waals surface area contributed by atoms with Gasteiger partial charge in [-0.15, -0.1) is 0 Å². The maximum Gasteiger partial charge on any atom is 0.248 e. The maximum atomic E-state index is 12.7. The lowest BCUT2D eigenvalue weighted by Gasteiger charge is -2.51. The zero-order valence-corrected chi connectivity index (χ0v) is 11.8. The quantitative estimate of drug-likeness (QED) is 0.831. The van der Waals surface area contributed by atoms with E-state index in [1.54, 1.807) is 0 Å². The zero-order chi connectivity index (χ0) is 13.5. The van der Waals surface area contributed by atoms with E-state index in [1.165, 1.54) is 6.42 Å². The summed E-state index contributed by atoms with van der Waals surface area (Å²) in [6, 6.07) is -0.00995. The average Bonchev–Trinajstić information content (AvgIpc) is 2.22. The predicted octanol–water partition coefficient (Wildman–Crippen LogP) is 1.69. The molecule has 2 fully saturated rings. The van der Waals surface area contributed by atoms with Crippen LogP contribution in [-0.4, -0.2) is 34.3 Å². The van der Waals surface area contributed by atoms with Crippen LogP contribution in [0.1, 0.15) is 53.4 Å². The van der Waals surface area contributed by atoms with Gasteiger partial charge >= 0.3 is 0 Å². The second-order valence-corrected chi connectivity index (χ2v) is 6.16. The van der Waals surface area contributed by atoms with Crippen molar-refractivity contribution in [3.63, 3.8) is 0 Å². The Balaban J connectivity index is 2.32. The number of amides is 2. The third-order valence-electron chi connectivity index (χ3n) is 4.48. The van der Waals surface area contributed by atoms with Gasteiger partial charge in [0.25, 0.3) is 0 Å². The summed E-state index contributed by atoms with van der Waals surface area (Å²) >= 11 is 0. The van der Waals surface area contributed by atoms with Gasteiger partial charge in [-0.1, -0.05) is 20.8 Å². The first-order chi connectivity index (χ1) is 8.40. The van der Waals surface area contributed by atoms with Crippen LogP contribution in [-0.2, 0) is 9.59 Å². The third kappa shape index (κ3) is 1.91. The summed E-state index contributed by atoms with van der Waals surface area (Å²) in [6.07, 6.45) is 3.90. The molecule has 0 bridgehead atoms. The van der Waals surface area contributed by atoms with E-state index < -0.39 is 5.54 Å². The highest BCUT2D eigenvalue weighted by Gasteiger charge is 2.50. The molecule has 4 heteroatoms. The van der Waals surface area contributed by atoms with Gasteiger partial charge in [-0.3, -0.25) is 9.59 Å². The van der Waals surface area contributed by atoms with Gasteiger partial charge in [0.15, 0.2) is 0 Å². The molecule has 1 aliphatic heterocycles. The Hall–Kier alpha value is -1.06. The Bertz CT molecular complexity index is 363. The molecule has 1 heterocycles. The van der Waals surface area contributed by atoms with Gasteiger partial charge in [-0.25, -0.2) is 0 Å². The van der Waals surface area contributed by atoms with Crippen molar-refractivity contribution in [3.05, 3.63) is 0 Å². The van der Waals surface area contributed by atoms with Gasteiger partial charge < -0.3 is 10.2 Å². The van der Waals surface area contributed by atoms with E-state index in [0.29, 0.717) is 6.42 Å². The molecule has 2 amide bonds. The molecule has 0 aromatic heterocycles. The topological polar surface area (TPSA) is 49.4 Å². The molecule has 18 heavy (non-hydrogen) atoms. The average molecular weight is 252 g/mol. The van der Waals surface area contributed by atoms with E-state index in [9.17, 15) is 9.59 Å².